The summed E-state index contributed by atoms with van der Waals surface area (Å²) in [6.45, 7) is 3.66. The Morgan fingerprint density at radius 1 is 1.19 bits per heavy atom. The van der Waals surface area contributed by atoms with Crippen molar-refractivity contribution in [1.29, 1.82) is 0 Å². The van der Waals surface area contributed by atoms with E-state index in [1.54, 1.807) is 18.2 Å². The van der Waals surface area contributed by atoms with Gasteiger partial charge in [-0.25, -0.2) is 4.39 Å². The number of carbonyl (C=O) groups is 2. The first-order valence-corrected chi connectivity index (χ1v) is 10.8. The number of thioether (sulfide) groups is 1. The van der Waals surface area contributed by atoms with Crippen molar-refractivity contribution in [3.05, 3.63) is 35.6 Å². The fourth-order valence-corrected chi connectivity index (χ4v) is 5.57. The molecule has 3 aliphatic heterocycles. The Balaban J connectivity index is 1.33. The monoisotopic (exact) mass is 391 g/mol. The molecule has 3 heterocycles. The highest BCUT2D eigenvalue weighted by Crippen LogP contribution is 2.28. The molecule has 0 spiro atoms. The number of hydrogen-bond acceptors (Lipinski definition) is 4. The van der Waals surface area contributed by atoms with Crippen LogP contribution in [0.1, 0.15) is 18.4 Å². The first kappa shape index (κ1) is 18.7. The van der Waals surface area contributed by atoms with Gasteiger partial charge < -0.3 is 15.5 Å². The van der Waals surface area contributed by atoms with Gasteiger partial charge in [0.25, 0.3) is 0 Å². The number of amides is 2. The predicted molar refractivity (Wildman–Crippen MR) is 104 cm³/mol. The molecule has 146 valence electrons. The molecular formula is C20H26FN3O2S. The number of fused-ring (bicyclic) bond motifs is 1. The molecule has 4 atom stereocenters. The lowest BCUT2D eigenvalue weighted by atomic mass is 9.92. The lowest BCUT2D eigenvalue weighted by molar-refractivity contribution is -0.136. The molecule has 7 heteroatoms. The summed E-state index contributed by atoms with van der Waals surface area (Å²) in [7, 11) is 0. The van der Waals surface area contributed by atoms with Crippen LogP contribution in [-0.2, 0) is 16.0 Å². The number of nitrogens with one attached hydrogen (secondary N) is 2. The second-order valence-electron chi connectivity index (χ2n) is 7.76. The average Bonchev–Trinajstić information content (AvgIpc) is 3.03. The van der Waals surface area contributed by atoms with Crippen LogP contribution in [0, 0.1) is 17.7 Å². The van der Waals surface area contributed by atoms with Crippen LogP contribution in [-0.4, -0.2) is 59.9 Å². The third-order valence-electron chi connectivity index (χ3n) is 6.07. The van der Waals surface area contributed by atoms with E-state index in [2.05, 4.69) is 10.6 Å². The number of halogens is 1. The predicted octanol–water partition coefficient (Wildman–Crippen LogP) is 1.43. The standard InChI is InChI=1S/C20H26FN3O2S/c21-16-4-2-1-3-13(16)9-18-19(25)23-17(12-27-18)20(26)24-7-5-14-10-22-11-15(14)6-8-24/h1-4,14-15,17-18,22H,5-12H2,(H,23,25)/t14-,15+,17?,18?. The van der Waals surface area contributed by atoms with Gasteiger partial charge in [0, 0.05) is 18.8 Å². The van der Waals surface area contributed by atoms with Crippen molar-refractivity contribution in [2.75, 3.05) is 31.9 Å². The Labute approximate surface area is 163 Å². The van der Waals surface area contributed by atoms with E-state index in [1.807, 2.05) is 4.90 Å². The maximum absolute atomic E-state index is 13.8. The number of hydrogen-bond donors (Lipinski definition) is 2. The van der Waals surface area contributed by atoms with Crippen LogP contribution in [0.15, 0.2) is 24.3 Å². The van der Waals surface area contributed by atoms with Crippen LogP contribution < -0.4 is 10.6 Å². The summed E-state index contributed by atoms with van der Waals surface area (Å²) < 4.78 is 13.8. The summed E-state index contributed by atoms with van der Waals surface area (Å²) in [5.41, 5.74) is 0.544. The molecule has 0 bridgehead atoms. The van der Waals surface area contributed by atoms with Gasteiger partial charge in [0.15, 0.2) is 0 Å². The van der Waals surface area contributed by atoms with Gasteiger partial charge in [0.1, 0.15) is 11.9 Å². The summed E-state index contributed by atoms with van der Waals surface area (Å²) in [4.78, 5) is 27.3. The summed E-state index contributed by atoms with van der Waals surface area (Å²) in [6.07, 6.45) is 2.42. The largest absolute Gasteiger partial charge is 0.343 e. The van der Waals surface area contributed by atoms with Gasteiger partial charge in [-0.3, -0.25) is 9.59 Å². The first-order valence-electron chi connectivity index (χ1n) is 9.76. The van der Waals surface area contributed by atoms with E-state index in [1.165, 1.54) is 17.8 Å². The lowest BCUT2D eigenvalue weighted by Gasteiger charge is -2.32. The van der Waals surface area contributed by atoms with Crippen molar-refractivity contribution in [3.8, 4) is 0 Å². The fraction of sp³-hybridized carbons (Fsp3) is 0.600. The van der Waals surface area contributed by atoms with E-state index in [0.29, 0.717) is 29.6 Å². The van der Waals surface area contributed by atoms with Gasteiger partial charge >= 0.3 is 0 Å². The smallest absolute Gasteiger partial charge is 0.246 e. The summed E-state index contributed by atoms with van der Waals surface area (Å²) >= 11 is 1.46. The minimum Gasteiger partial charge on any atom is -0.343 e. The normalized spacial score (nSPS) is 31.1. The second-order valence-corrected chi connectivity index (χ2v) is 9.00. The molecule has 3 saturated heterocycles. The molecule has 4 rings (SSSR count). The van der Waals surface area contributed by atoms with Crippen LogP contribution >= 0.6 is 11.8 Å². The molecular weight excluding hydrogens is 365 g/mol. The van der Waals surface area contributed by atoms with Crippen molar-refractivity contribution >= 4 is 23.6 Å². The highest BCUT2D eigenvalue weighted by Gasteiger charge is 2.37. The Bertz CT molecular complexity index is 702. The molecule has 5 nitrogen and oxygen atoms in total. The van der Waals surface area contributed by atoms with Crippen LogP contribution in [0.3, 0.4) is 0 Å². The fourth-order valence-electron chi connectivity index (χ4n) is 4.40. The van der Waals surface area contributed by atoms with Crippen molar-refractivity contribution in [2.45, 2.75) is 30.6 Å². The summed E-state index contributed by atoms with van der Waals surface area (Å²) in [5.74, 6) is 1.48. The SMILES string of the molecule is O=C1NC(C(=O)N2CC[C@@H]3CNC[C@@H]3CC2)CSC1Cc1ccccc1F. The van der Waals surface area contributed by atoms with Gasteiger partial charge in [-0.2, -0.15) is 0 Å². The molecule has 1 aromatic carbocycles. The van der Waals surface area contributed by atoms with E-state index in [-0.39, 0.29) is 22.9 Å². The van der Waals surface area contributed by atoms with Gasteiger partial charge in [-0.05, 0) is 55.8 Å². The zero-order valence-electron chi connectivity index (χ0n) is 15.3. The number of rotatable bonds is 3. The summed E-state index contributed by atoms with van der Waals surface area (Å²) in [6, 6.07) is 6.09. The first-order chi connectivity index (χ1) is 13.1. The van der Waals surface area contributed by atoms with Gasteiger partial charge in [-0.15, -0.1) is 11.8 Å². The van der Waals surface area contributed by atoms with Crippen LogP contribution in [0.2, 0.25) is 0 Å². The quantitative estimate of drug-likeness (QED) is 0.818. The van der Waals surface area contributed by atoms with Gasteiger partial charge in [0.2, 0.25) is 11.8 Å². The Morgan fingerprint density at radius 2 is 1.89 bits per heavy atom. The molecule has 0 aliphatic carbocycles. The van der Waals surface area contributed by atoms with Gasteiger partial charge in [-0.1, -0.05) is 18.2 Å². The molecule has 3 aliphatic rings. The summed E-state index contributed by atoms with van der Waals surface area (Å²) in [5, 5.41) is 5.99. The van der Waals surface area contributed by atoms with Crippen molar-refractivity contribution < 1.29 is 14.0 Å². The van der Waals surface area contributed by atoms with E-state index < -0.39 is 6.04 Å². The van der Waals surface area contributed by atoms with Crippen LogP contribution in [0.4, 0.5) is 4.39 Å². The minimum absolute atomic E-state index is 0.0353. The van der Waals surface area contributed by atoms with Crippen molar-refractivity contribution in [1.82, 2.24) is 15.5 Å². The van der Waals surface area contributed by atoms with Gasteiger partial charge in [0.05, 0.1) is 5.25 Å². The number of nitrogens with zero attached hydrogens (tertiary/aromatic N) is 1. The minimum atomic E-state index is -0.463. The Kier molecular flexibility index (Phi) is 5.68. The average molecular weight is 392 g/mol. The molecule has 3 fully saturated rings. The lowest BCUT2D eigenvalue weighted by Crippen LogP contribution is -2.55. The molecule has 2 N–H and O–H groups in total. The van der Waals surface area contributed by atoms with Crippen LogP contribution in [0.5, 0.6) is 0 Å². The molecule has 2 unspecified atom stereocenters. The third kappa shape index (κ3) is 4.14. The zero-order valence-corrected chi connectivity index (χ0v) is 16.1. The highest BCUT2D eigenvalue weighted by atomic mass is 32.2. The molecule has 27 heavy (non-hydrogen) atoms. The zero-order chi connectivity index (χ0) is 18.8. The number of likely N-dealkylation sites (tertiary alicyclic amines) is 1. The highest BCUT2D eigenvalue weighted by molar-refractivity contribution is 8.00. The number of benzene rings is 1. The van der Waals surface area contributed by atoms with E-state index >= 15 is 0 Å². The molecule has 0 saturated carbocycles. The Morgan fingerprint density at radius 3 is 2.56 bits per heavy atom. The van der Waals surface area contributed by atoms with E-state index in [9.17, 15) is 14.0 Å². The molecule has 2 amide bonds. The van der Waals surface area contributed by atoms with E-state index in [0.717, 1.165) is 39.0 Å². The maximum atomic E-state index is 13.8. The Hall–Kier alpha value is -1.60. The second kappa shape index (κ2) is 8.19. The maximum Gasteiger partial charge on any atom is 0.246 e. The van der Waals surface area contributed by atoms with Crippen molar-refractivity contribution in [3.63, 3.8) is 0 Å². The molecule has 0 aromatic heterocycles. The number of carbonyl (C=O) groups excluding carboxylic acids is 2. The topological polar surface area (TPSA) is 61.4 Å². The molecule has 1 aromatic rings. The van der Waals surface area contributed by atoms with Crippen molar-refractivity contribution in [2.24, 2.45) is 11.8 Å². The van der Waals surface area contributed by atoms with Crippen LogP contribution in [0.25, 0.3) is 0 Å². The molecule has 0 radical (unpaired) electrons. The van der Waals surface area contributed by atoms with E-state index in [4.69, 9.17) is 0 Å². The third-order valence-corrected chi connectivity index (χ3v) is 7.37.